The van der Waals surface area contributed by atoms with Crippen molar-refractivity contribution in [3.05, 3.63) is 58.6 Å². The van der Waals surface area contributed by atoms with E-state index in [1.807, 2.05) is 6.07 Å². The minimum absolute atomic E-state index is 0.278. The van der Waals surface area contributed by atoms with Gasteiger partial charge in [-0.25, -0.2) is 9.59 Å². The van der Waals surface area contributed by atoms with Crippen LogP contribution >= 0.6 is 11.6 Å². The van der Waals surface area contributed by atoms with Gasteiger partial charge in [-0.3, -0.25) is 0 Å². The summed E-state index contributed by atoms with van der Waals surface area (Å²) in [6.07, 6.45) is 0. The van der Waals surface area contributed by atoms with Crippen LogP contribution in [0.1, 0.15) is 20.7 Å². The topological polar surface area (TPSA) is 52.6 Å². The maximum absolute atomic E-state index is 11.7. The predicted octanol–water partition coefficient (Wildman–Crippen LogP) is 3.58. The van der Waals surface area contributed by atoms with E-state index in [-0.39, 0.29) is 5.56 Å². The second-order valence-corrected chi connectivity index (χ2v) is 4.67. The van der Waals surface area contributed by atoms with Gasteiger partial charge in [-0.15, -0.1) is 0 Å². The third kappa shape index (κ3) is 3.23. The smallest absolute Gasteiger partial charge is 0.339 e. The molecule has 0 fully saturated rings. The highest BCUT2D eigenvalue weighted by atomic mass is 35.5. The third-order valence-corrected chi connectivity index (χ3v) is 3.32. The van der Waals surface area contributed by atoms with Crippen LogP contribution in [-0.2, 0) is 9.47 Å². The fraction of sp³-hybridized carbons (Fsp3) is 0.125. The molecule has 2 aromatic rings. The fourth-order valence-corrected chi connectivity index (χ4v) is 2.11. The van der Waals surface area contributed by atoms with E-state index in [4.69, 9.17) is 16.3 Å². The molecule has 21 heavy (non-hydrogen) atoms. The monoisotopic (exact) mass is 304 g/mol. The largest absolute Gasteiger partial charge is 0.465 e. The number of methoxy groups -OCH3 is 2. The second kappa shape index (κ2) is 6.41. The molecular weight excluding hydrogens is 292 g/mol. The van der Waals surface area contributed by atoms with Gasteiger partial charge in [-0.2, -0.15) is 0 Å². The molecule has 0 unspecified atom stereocenters. The van der Waals surface area contributed by atoms with Crippen LogP contribution in [0.4, 0.5) is 0 Å². The van der Waals surface area contributed by atoms with E-state index in [0.717, 1.165) is 11.1 Å². The van der Waals surface area contributed by atoms with Crippen molar-refractivity contribution < 1.29 is 19.1 Å². The average molecular weight is 305 g/mol. The van der Waals surface area contributed by atoms with E-state index >= 15 is 0 Å². The van der Waals surface area contributed by atoms with E-state index in [0.29, 0.717) is 10.6 Å². The Balaban J connectivity index is 2.47. The molecule has 0 atom stereocenters. The Kier molecular flexibility index (Phi) is 4.60. The fourth-order valence-electron chi connectivity index (χ4n) is 1.91. The van der Waals surface area contributed by atoms with Gasteiger partial charge in [0, 0.05) is 0 Å². The lowest BCUT2D eigenvalue weighted by Gasteiger charge is -2.08. The number of esters is 2. The van der Waals surface area contributed by atoms with Gasteiger partial charge in [-0.1, -0.05) is 29.8 Å². The van der Waals surface area contributed by atoms with Crippen molar-refractivity contribution >= 4 is 23.5 Å². The third-order valence-electron chi connectivity index (χ3n) is 2.99. The van der Waals surface area contributed by atoms with Crippen molar-refractivity contribution in [3.63, 3.8) is 0 Å². The molecule has 0 spiro atoms. The minimum atomic E-state index is -0.508. The van der Waals surface area contributed by atoms with Crippen LogP contribution in [0.25, 0.3) is 11.1 Å². The Morgan fingerprint density at radius 3 is 2.24 bits per heavy atom. The molecule has 0 aromatic heterocycles. The van der Waals surface area contributed by atoms with Gasteiger partial charge >= 0.3 is 11.9 Å². The predicted molar refractivity (Wildman–Crippen MR) is 79.6 cm³/mol. The van der Waals surface area contributed by atoms with Gasteiger partial charge in [0.2, 0.25) is 0 Å². The molecule has 0 heterocycles. The van der Waals surface area contributed by atoms with Crippen LogP contribution < -0.4 is 0 Å². The Labute approximate surface area is 127 Å². The first kappa shape index (κ1) is 15.1. The highest BCUT2D eigenvalue weighted by Crippen LogP contribution is 2.26. The van der Waals surface area contributed by atoms with Crippen LogP contribution in [0.2, 0.25) is 5.02 Å². The number of hydrogen-bond acceptors (Lipinski definition) is 4. The molecule has 0 radical (unpaired) electrons. The van der Waals surface area contributed by atoms with E-state index in [9.17, 15) is 9.59 Å². The molecule has 5 heteroatoms. The highest BCUT2D eigenvalue weighted by molar-refractivity contribution is 6.33. The van der Waals surface area contributed by atoms with E-state index < -0.39 is 11.9 Å². The lowest BCUT2D eigenvalue weighted by Crippen LogP contribution is -2.03. The van der Waals surface area contributed by atoms with E-state index in [1.54, 1.807) is 36.4 Å². The molecule has 0 aliphatic carbocycles. The van der Waals surface area contributed by atoms with Crippen molar-refractivity contribution in [3.8, 4) is 11.1 Å². The summed E-state index contributed by atoms with van der Waals surface area (Å²) in [5.41, 5.74) is 2.25. The quantitative estimate of drug-likeness (QED) is 0.813. The van der Waals surface area contributed by atoms with Gasteiger partial charge in [0.25, 0.3) is 0 Å². The average Bonchev–Trinajstić information content (AvgIpc) is 2.54. The summed E-state index contributed by atoms with van der Waals surface area (Å²) in [7, 11) is 2.62. The SMILES string of the molecule is COC(=O)c1cccc(-c2ccc(Cl)c(C(=O)OC)c2)c1. The van der Waals surface area contributed by atoms with Crippen molar-refractivity contribution in [1.29, 1.82) is 0 Å². The molecule has 0 aliphatic heterocycles. The standard InChI is InChI=1S/C16H13ClO4/c1-20-15(18)12-5-3-4-10(8-12)11-6-7-14(17)13(9-11)16(19)21-2/h3-9H,1-2H3. The van der Waals surface area contributed by atoms with Gasteiger partial charge in [0.05, 0.1) is 30.4 Å². The maximum atomic E-state index is 11.7. The summed E-state index contributed by atoms with van der Waals surface area (Å²) >= 11 is 5.99. The summed E-state index contributed by atoms with van der Waals surface area (Å²) < 4.78 is 9.38. The first-order chi connectivity index (χ1) is 10.1. The highest BCUT2D eigenvalue weighted by Gasteiger charge is 2.13. The first-order valence-corrected chi connectivity index (χ1v) is 6.51. The second-order valence-electron chi connectivity index (χ2n) is 4.26. The first-order valence-electron chi connectivity index (χ1n) is 6.13. The Morgan fingerprint density at radius 1 is 0.905 bits per heavy atom. The Bertz CT molecular complexity index is 694. The van der Waals surface area contributed by atoms with Gasteiger partial charge in [-0.05, 0) is 35.4 Å². The lowest BCUT2D eigenvalue weighted by molar-refractivity contribution is 0.0592. The summed E-state index contributed by atoms with van der Waals surface area (Å²) in [6.45, 7) is 0. The number of benzene rings is 2. The van der Waals surface area contributed by atoms with Gasteiger partial charge < -0.3 is 9.47 Å². The number of carbonyl (C=O) groups is 2. The minimum Gasteiger partial charge on any atom is -0.465 e. The van der Waals surface area contributed by atoms with Crippen molar-refractivity contribution in [1.82, 2.24) is 0 Å². The molecular formula is C16H13ClO4. The molecule has 0 amide bonds. The Morgan fingerprint density at radius 2 is 1.57 bits per heavy atom. The molecule has 0 N–H and O–H groups in total. The molecule has 108 valence electrons. The zero-order chi connectivity index (χ0) is 15.4. The number of rotatable bonds is 3. The molecule has 0 aliphatic rings. The lowest BCUT2D eigenvalue weighted by atomic mass is 10.0. The van der Waals surface area contributed by atoms with Crippen LogP contribution in [0.15, 0.2) is 42.5 Å². The Hall–Kier alpha value is -2.33. The van der Waals surface area contributed by atoms with E-state index in [1.165, 1.54) is 14.2 Å². The van der Waals surface area contributed by atoms with Crippen molar-refractivity contribution in [2.75, 3.05) is 14.2 Å². The molecule has 0 saturated carbocycles. The summed E-state index contributed by atoms with van der Waals surface area (Å²) in [5, 5.41) is 0.315. The van der Waals surface area contributed by atoms with Crippen molar-refractivity contribution in [2.45, 2.75) is 0 Å². The zero-order valence-electron chi connectivity index (χ0n) is 11.6. The zero-order valence-corrected chi connectivity index (χ0v) is 12.3. The van der Waals surface area contributed by atoms with Gasteiger partial charge in [0.1, 0.15) is 0 Å². The maximum Gasteiger partial charge on any atom is 0.339 e. The summed E-state index contributed by atoms with van der Waals surface area (Å²) in [4.78, 5) is 23.2. The molecule has 4 nitrogen and oxygen atoms in total. The number of carbonyl (C=O) groups excluding carboxylic acids is 2. The van der Waals surface area contributed by atoms with Crippen LogP contribution in [0.5, 0.6) is 0 Å². The summed E-state index contributed by atoms with van der Waals surface area (Å²) in [6, 6.07) is 11.9. The molecule has 2 rings (SSSR count). The number of hydrogen-bond donors (Lipinski definition) is 0. The molecule has 0 saturated heterocycles. The van der Waals surface area contributed by atoms with Crippen molar-refractivity contribution in [2.24, 2.45) is 0 Å². The van der Waals surface area contributed by atoms with E-state index in [2.05, 4.69) is 4.74 Å². The van der Waals surface area contributed by atoms with Crippen LogP contribution in [-0.4, -0.2) is 26.2 Å². The number of halogens is 1. The summed E-state index contributed by atoms with van der Waals surface area (Å²) in [5.74, 6) is -0.926. The van der Waals surface area contributed by atoms with Crippen LogP contribution in [0, 0.1) is 0 Å². The number of ether oxygens (including phenoxy) is 2. The molecule has 0 bridgehead atoms. The van der Waals surface area contributed by atoms with Crippen LogP contribution in [0.3, 0.4) is 0 Å². The van der Waals surface area contributed by atoms with Gasteiger partial charge in [0.15, 0.2) is 0 Å². The normalized spacial score (nSPS) is 10.0. The molecule has 2 aromatic carbocycles.